The van der Waals surface area contributed by atoms with Gasteiger partial charge in [0.25, 0.3) is 6.43 Å². The number of rotatable bonds is 3. The van der Waals surface area contributed by atoms with Gasteiger partial charge >= 0.3 is 0 Å². The topological polar surface area (TPSA) is 90.3 Å². The van der Waals surface area contributed by atoms with E-state index in [1.165, 1.54) is 4.52 Å². The number of β-amino-alcohol motifs (C(OH)–C–C–N with tert-alkyl or cyclic N) is 1. The van der Waals surface area contributed by atoms with Crippen LogP contribution in [-0.2, 0) is 0 Å². The summed E-state index contributed by atoms with van der Waals surface area (Å²) in [5, 5.41) is 24.9. The normalized spacial score (nSPS) is 14.4. The first-order valence-electron chi connectivity index (χ1n) is 9.90. The quantitative estimate of drug-likeness (QED) is 0.499. The third-order valence-corrected chi connectivity index (χ3v) is 5.83. The monoisotopic (exact) mass is 454 g/mol. The van der Waals surface area contributed by atoms with Gasteiger partial charge in [-0.2, -0.15) is 14.9 Å². The predicted molar refractivity (Wildman–Crippen MR) is 116 cm³/mol. The zero-order valence-corrected chi connectivity index (χ0v) is 17.9. The zero-order valence-electron chi connectivity index (χ0n) is 17.1. The number of aryl methyl sites for hydroxylation is 2. The highest BCUT2D eigenvalue weighted by molar-refractivity contribution is 6.31. The van der Waals surface area contributed by atoms with E-state index in [1.54, 1.807) is 19.1 Å². The summed E-state index contributed by atoms with van der Waals surface area (Å²) in [6.45, 7) is 4.24. The average molecular weight is 455 g/mol. The number of hydrogen-bond acceptors (Lipinski definition) is 6. The van der Waals surface area contributed by atoms with Gasteiger partial charge in [0.2, 0.25) is 0 Å². The lowest BCUT2D eigenvalue weighted by atomic mass is 9.97. The molecule has 7 nitrogen and oxygen atoms in total. The van der Waals surface area contributed by atoms with Crippen molar-refractivity contribution in [3.05, 3.63) is 51.9 Å². The molecule has 1 aliphatic rings. The van der Waals surface area contributed by atoms with E-state index in [1.807, 2.05) is 30.0 Å². The number of pyridine rings is 1. The maximum atomic E-state index is 13.6. The van der Waals surface area contributed by atoms with E-state index in [9.17, 15) is 19.1 Å². The summed E-state index contributed by atoms with van der Waals surface area (Å²) in [5.41, 5.74) is 2.66. The number of aliphatic hydroxyl groups is 1. The molecule has 0 saturated carbocycles. The Morgan fingerprint density at radius 1 is 1.22 bits per heavy atom. The Hall–Kier alpha value is -3.35. The first-order valence-corrected chi connectivity index (χ1v) is 10.3. The van der Waals surface area contributed by atoms with Crippen molar-refractivity contribution in [3.63, 3.8) is 0 Å². The molecule has 32 heavy (non-hydrogen) atoms. The number of nitrogens with zero attached hydrogens (tertiary/aromatic N) is 6. The van der Waals surface area contributed by atoms with Gasteiger partial charge in [-0.05, 0) is 37.6 Å². The molecule has 1 saturated heterocycles. The van der Waals surface area contributed by atoms with Gasteiger partial charge in [-0.1, -0.05) is 17.7 Å². The summed E-state index contributed by atoms with van der Waals surface area (Å²) >= 11 is 6.17. The molecule has 1 aromatic carbocycles. The van der Waals surface area contributed by atoms with E-state index in [0.717, 1.165) is 16.6 Å². The minimum absolute atomic E-state index is 0.0681. The molecule has 0 unspecified atom stereocenters. The number of anilines is 1. The van der Waals surface area contributed by atoms with Gasteiger partial charge in [0.1, 0.15) is 23.1 Å². The fraction of sp³-hybridized carbons (Fsp3) is 0.273. The molecule has 0 radical (unpaired) electrons. The van der Waals surface area contributed by atoms with Gasteiger partial charge in [0, 0.05) is 34.8 Å². The smallest absolute Gasteiger partial charge is 0.283 e. The Bertz CT molecular complexity index is 1430. The van der Waals surface area contributed by atoms with Crippen LogP contribution in [-0.4, -0.2) is 43.9 Å². The molecule has 0 amide bonds. The molecular weight excluding hydrogens is 438 g/mol. The van der Waals surface area contributed by atoms with Crippen molar-refractivity contribution in [1.29, 1.82) is 5.26 Å². The fourth-order valence-electron chi connectivity index (χ4n) is 4.20. The van der Waals surface area contributed by atoms with Gasteiger partial charge in [0.05, 0.1) is 17.3 Å². The molecule has 0 spiro atoms. The van der Waals surface area contributed by atoms with Crippen molar-refractivity contribution in [2.24, 2.45) is 0 Å². The molecule has 3 aromatic heterocycles. The lowest BCUT2D eigenvalue weighted by molar-refractivity contribution is 0.140. The summed E-state index contributed by atoms with van der Waals surface area (Å²) in [4.78, 5) is 10.9. The predicted octanol–water partition coefficient (Wildman–Crippen LogP) is 4.20. The third-order valence-electron chi connectivity index (χ3n) is 5.60. The first-order chi connectivity index (χ1) is 15.3. The molecule has 10 heteroatoms. The Morgan fingerprint density at radius 3 is 2.62 bits per heavy atom. The minimum atomic E-state index is -2.92. The van der Waals surface area contributed by atoms with Crippen LogP contribution in [0.5, 0.6) is 0 Å². The van der Waals surface area contributed by atoms with Gasteiger partial charge in [-0.15, -0.1) is 0 Å². The molecule has 4 heterocycles. The number of halogens is 3. The summed E-state index contributed by atoms with van der Waals surface area (Å²) in [6.07, 6.45) is -3.46. The summed E-state index contributed by atoms with van der Waals surface area (Å²) < 4.78 is 28.6. The van der Waals surface area contributed by atoms with Crippen LogP contribution in [0, 0.1) is 25.2 Å². The van der Waals surface area contributed by atoms with Crippen LogP contribution in [0.25, 0.3) is 27.7 Å². The molecule has 1 fully saturated rings. The van der Waals surface area contributed by atoms with Crippen molar-refractivity contribution in [2.75, 3.05) is 18.0 Å². The van der Waals surface area contributed by atoms with E-state index < -0.39 is 18.2 Å². The average Bonchev–Trinajstić information content (AvgIpc) is 3.08. The van der Waals surface area contributed by atoms with Crippen LogP contribution in [0.3, 0.4) is 0 Å². The van der Waals surface area contributed by atoms with Crippen LogP contribution in [0.1, 0.15) is 29.1 Å². The molecular formula is C22H17ClF2N6O. The number of nitriles is 1. The molecule has 1 aliphatic heterocycles. The van der Waals surface area contributed by atoms with E-state index in [2.05, 4.69) is 15.1 Å². The van der Waals surface area contributed by atoms with Crippen LogP contribution in [0.4, 0.5) is 14.6 Å². The third kappa shape index (κ3) is 3.06. The van der Waals surface area contributed by atoms with E-state index in [-0.39, 0.29) is 11.2 Å². The second-order valence-electron chi connectivity index (χ2n) is 7.84. The summed E-state index contributed by atoms with van der Waals surface area (Å²) in [5.74, 6) is 0.503. The number of benzene rings is 1. The molecule has 4 aromatic rings. The standard InChI is InChI=1S/C22H17ClF2N6O/c1-10-5-15(14-4-3-12(23)6-17(14)27-10)18-11(2)28-21-16(7-26)19(20(24)25)29-31(21)22(18)30-8-13(32)9-30/h3-6,13,20,32H,8-9H2,1-2H3. The van der Waals surface area contributed by atoms with Gasteiger partial charge in [-0.3, -0.25) is 4.98 Å². The summed E-state index contributed by atoms with van der Waals surface area (Å²) in [7, 11) is 0. The SMILES string of the molecule is Cc1cc(-c2c(C)nc3c(C#N)c(C(F)F)nn3c2N2CC(O)C2)c2ccc(Cl)cc2n1. The fourth-order valence-corrected chi connectivity index (χ4v) is 4.36. The van der Waals surface area contributed by atoms with Crippen molar-refractivity contribution >= 4 is 34.0 Å². The zero-order chi connectivity index (χ0) is 22.7. The molecule has 0 atom stereocenters. The van der Waals surface area contributed by atoms with Crippen LogP contribution in [0.15, 0.2) is 24.3 Å². The summed E-state index contributed by atoms with van der Waals surface area (Å²) in [6, 6.07) is 9.10. The van der Waals surface area contributed by atoms with Gasteiger partial charge in [0.15, 0.2) is 5.65 Å². The van der Waals surface area contributed by atoms with Crippen molar-refractivity contribution in [2.45, 2.75) is 26.4 Å². The van der Waals surface area contributed by atoms with E-state index in [0.29, 0.717) is 40.7 Å². The Kier molecular flexibility index (Phi) is 4.73. The van der Waals surface area contributed by atoms with Crippen molar-refractivity contribution in [1.82, 2.24) is 19.6 Å². The maximum Gasteiger partial charge on any atom is 0.283 e. The minimum Gasteiger partial charge on any atom is -0.389 e. The van der Waals surface area contributed by atoms with Gasteiger partial charge < -0.3 is 10.0 Å². The largest absolute Gasteiger partial charge is 0.389 e. The molecule has 5 rings (SSSR count). The molecule has 0 aliphatic carbocycles. The molecule has 162 valence electrons. The van der Waals surface area contributed by atoms with Gasteiger partial charge in [-0.25, -0.2) is 13.8 Å². The number of fused-ring (bicyclic) bond motifs is 2. The van der Waals surface area contributed by atoms with Crippen molar-refractivity contribution in [3.8, 4) is 17.2 Å². The highest BCUT2D eigenvalue weighted by Gasteiger charge is 2.33. The first kappa shape index (κ1) is 20.5. The second-order valence-corrected chi connectivity index (χ2v) is 8.27. The lowest BCUT2D eigenvalue weighted by Crippen LogP contribution is -2.51. The number of aromatic nitrogens is 4. The second kappa shape index (κ2) is 7.36. The molecule has 0 bridgehead atoms. The van der Waals surface area contributed by atoms with E-state index in [4.69, 9.17) is 11.6 Å². The van der Waals surface area contributed by atoms with Crippen LogP contribution < -0.4 is 4.90 Å². The Balaban J connectivity index is 1.91. The Labute approximate surface area is 186 Å². The number of hydrogen-bond donors (Lipinski definition) is 1. The Morgan fingerprint density at radius 2 is 1.97 bits per heavy atom. The highest BCUT2D eigenvalue weighted by Crippen LogP contribution is 2.41. The highest BCUT2D eigenvalue weighted by atomic mass is 35.5. The maximum absolute atomic E-state index is 13.6. The lowest BCUT2D eigenvalue weighted by Gasteiger charge is -2.39. The number of alkyl halides is 2. The molecule has 1 N–H and O–H groups in total. The number of aliphatic hydroxyl groups excluding tert-OH is 1. The van der Waals surface area contributed by atoms with Crippen molar-refractivity contribution < 1.29 is 13.9 Å². The van der Waals surface area contributed by atoms with Crippen LogP contribution in [0.2, 0.25) is 5.02 Å². The van der Waals surface area contributed by atoms with E-state index >= 15 is 0 Å². The van der Waals surface area contributed by atoms with Crippen LogP contribution >= 0.6 is 11.6 Å².